The van der Waals surface area contributed by atoms with E-state index in [4.69, 9.17) is 0 Å². The molecule has 0 aliphatic carbocycles. The van der Waals surface area contributed by atoms with Crippen LogP contribution in [0.1, 0.15) is 64.6 Å². The second-order valence-electron chi connectivity index (χ2n) is 10.4. The summed E-state index contributed by atoms with van der Waals surface area (Å²) in [5.74, 6) is -0.886. The molecule has 4 atom stereocenters. The third-order valence-corrected chi connectivity index (χ3v) is 7.56. The summed E-state index contributed by atoms with van der Waals surface area (Å²) >= 11 is 1.70. The number of likely N-dealkylation sites (tertiary alicyclic amines) is 1. The first-order chi connectivity index (χ1) is 16.4. The number of hydrogen-bond acceptors (Lipinski definition) is 5. The van der Waals surface area contributed by atoms with Crippen molar-refractivity contribution in [2.24, 2.45) is 5.41 Å². The molecule has 0 unspecified atom stereocenters. The van der Waals surface area contributed by atoms with Gasteiger partial charge in [-0.05, 0) is 47.4 Å². The van der Waals surface area contributed by atoms with Crippen molar-refractivity contribution >= 4 is 29.1 Å². The maximum atomic E-state index is 13.5. The first kappa shape index (κ1) is 26.9. The van der Waals surface area contributed by atoms with Crippen molar-refractivity contribution in [1.82, 2.24) is 15.5 Å². The fraction of sp³-hybridized carbons (Fsp3) is 0.519. The van der Waals surface area contributed by atoms with E-state index in [1.807, 2.05) is 39.8 Å². The van der Waals surface area contributed by atoms with Crippen molar-refractivity contribution in [2.45, 2.75) is 78.6 Å². The number of benzene rings is 1. The molecule has 190 valence electrons. The summed E-state index contributed by atoms with van der Waals surface area (Å²) in [4.78, 5) is 41.4. The monoisotopic (exact) mass is 499 g/mol. The van der Waals surface area contributed by atoms with E-state index in [1.54, 1.807) is 18.3 Å². The molecule has 0 radical (unpaired) electrons. The van der Waals surface area contributed by atoms with Crippen LogP contribution in [0.15, 0.2) is 35.7 Å². The van der Waals surface area contributed by atoms with Crippen LogP contribution in [0.5, 0.6) is 0 Å². The average Bonchev–Trinajstić information content (AvgIpc) is 3.41. The quantitative estimate of drug-likeness (QED) is 0.540. The van der Waals surface area contributed by atoms with E-state index in [9.17, 15) is 19.5 Å². The highest BCUT2D eigenvalue weighted by molar-refractivity contribution is 7.13. The first-order valence-electron chi connectivity index (χ1n) is 12.1. The summed E-state index contributed by atoms with van der Waals surface area (Å²) in [5, 5.41) is 18.2. The van der Waals surface area contributed by atoms with Crippen LogP contribution in [-0.4, -0.2) is 52.5 Å². The Morgan fingerprint density at radius 3 is 2.34 bits per heavy atom. The number of aliphatic hydroxyl groups is 1. The van der Waals surface area contributed by atoms with Crippen LogP contribution in [0.4, 0.5) is 0 Å². The van der Waals surface area contributed by atoms with Crippen LogP contribution >= 0.6 is 11.3 Å². The standard InChI is InChI=1S/C27H37N3O4S/c1-7-22(32)29-24(27(4,5)6)26(34)30-15-20(31)14-21(30)25(33)28-17(3)18-8-10-19(11-9-18)23-16(2)12-13-35-23/h8-13,17,20-21,24,31H,7,14-15H2,1-6H3,(H,28,33)(H,29,32)/t17-,20+,21-,24+/m0/s1. The predicted octanol–water partition coefficient (Wildman–Crippen LogP) is 3.80. The van der Waals surface area contributed by atoms with Crippen LogP contribution in [0.3, 0.4) is 0 Å². The van der Waals surface area contributed by atoms with Gasteiger partial charge in [-0.1, -0.05) is 52.0 Å². The van der Waals surface area contributed by atoms with E-state index in [0.29, 0.717) is 0 Å². The van der Waals surface area contributed by atoms with Gasteiger partial charge in [-0.15, -0.1) is 11.3 Å². The zero-order valence-electron chi connectivity index (χ0n) is 21.4. The van der Waals surface area contributed by atoms with E-state index < -0.39 is 23.6 Å². The third kappa shape index (κ3) is 6.30. The molecule has 1 aliphatic rings. The molecule has 35 heavy (non-hydrogen) atoms. The molecular formula is C27H37N3O4S. The number of aryl methyl sites for hydroxylation is 1. The van der Waals surface area contributed by atoms with Crippen LogP contribution in [-0.2, 0) is 14.4 Å². The molecule has 8 heteroatoms. The molecule has 1 aromatic heterocycles. The number of amides is 3. The van der Waals surface area contributed by atoms with Gasteiger partial charge in [-0.3, -0.25) is 14.4 Å². The molecule has 0 saturated carbocycles. The van der Waals surface area contributed by atoms with Crippen molar-refractivity contribution in [1.29, 1.82) is 0 Å². The lowest BCUT2D eigenvalue weighted by molar-refractivity contribution is -0.144. The number of hydrogen-bond donors (Lipinski definition) is 3. The van der Waals surface area contributed by atoms with Gasteiger partial charge in [0.25, 0.3) is 0 Å². The predicted molar refractivity (Wildman–Crippen MR) is 139 cm³/mol. The Labute approximate surface area is 211 Å². The van der Waals surface area contributed by atoms with Gasteiger partial charge in [-0.2, -0.15) is 0 Å². The molecular weight excluding hydrogens is 462 g/mol. The lowest BCUT2D eigenvalue weighted by atomic mass is 9.85. The van der Waals surface area contributed by atoms with Gasteiger partial charge in [0.15, 0.2) is 0 Å². The van der Waals surface area contributed by atoms with E-state index in [2.05, 4.69) is 41.1 Å². The smallest absolute Gasteiger partial charge is 0.246 e. The summed E-state index contributed by atoms with van der Waals surface area (Å²) in [7, 11) is 0. The van der Waals surface area contributed by atoms with Crippen LogP contribution in [0.2, 0.25) is 0 Å². The summed E-state index contributed by atoms with van der Waals surface area (Å²) in [6, 6.07) is 8.35. The lowest BCUT2D eigenvalue weighted by Crippen LogP contribution is -2.57. The minimum Gasteiger partial charge on any atom is -0.391 e. The van der Waals surface area contributed by atoms with E-state index in [1.165, 1.54) is 15.3 Å². The van der Waals surface area contributed by atoms with Gasteiger partial charge < -0.3 is 20.6 Å². The van der Waals surface area contributed by atoms with Crippen LogP contribution in [0, 0.1) is 12.3 Å². The molecule has 2 heterocycles. The van der Waals surface area contributed by atoms with Crippen molar-refractivity contribution in [2.75, 3.05) is 6.54 Å². The molecule has 0 spiro atoms. The number of rotatable bonds is 7. The largest absolute Gasteiger partial charge is 0.391 e. The topological polar surface area (TPSA) is 98.7 Å². The maximum Gasteiger partial charge on any atom is 0.246 e. The number of β-amino-alcohol motifs (C(OH)–C–C–N with tert-alkyl or cyclic N) is 1. The van der Waals surface area contributed by atoms with Gasteiger partial charge in [0.1, 0.15) is 12.1 Å². The number of nitrogens with one attached hydrogen (secondary N) is 2. The van der Waals surface area contributed by atoms with Gasteiger partial charge in [0.05, 0.1) is 12.1 Å². The minimum atomic E-state index is -0.795. The Hall–Kier alpha value is -2.71. The third-order valence-electron chi connectivity index (χ3n) is 6.50. The molecule has 1 saturated heterocycles. The molecule has 7 nitrogen and oxygen atoms in total. The number of aliphatic hydroxyl groups excluding tert-OH is 1. The Kier molecular flexibility index (Phi) is 8.38. The van der Waals surface area contributed by atoms with Crippen molar-refractivity contribution in [3.63, 3.8) is 0 Å². The normalized spacial score (nSPS) is 19.8. The number of thiophene rings is 1. The number of carbonyl (C=O) groups excluding carboxylic acids is 3. The molecule has 3 N–H and O–H groups in total. The van der Waals surface area contributed by atoms with E-state index >= 15 is 0 Å². The minimum absolute atomic E-state index is 0.0642. The Morgan fingerprint density at radius 1 is 1.14 bits per heavy atom. The number of carbonyl (C=O) groups is 3. The van der Waals surface area contributed by atoms with Crippen LogP contribution in [0.25, 0.3) is 10.4 Å². The fourth-order valence-electron chi connectivity index (χ4n) is 4.37. The highest BCUT2D eigenvalue weighted by atomic mass is 32.1. The zero-order chi connectivity index (χ0) is 25.9. The Balaban J connectivity index is 1.73. The Bertz CT molecular complexity index is 1060. The fourth-order valence-corrected chi connectivity index (χ4v) is 5.30. The Morgan fingerprint density at radius 2 is 1.80 bits per heavy atom. The maximum absolute atomic E-state index is 13.5. The van der Waals surface area contributed by atoms with Gasteiger partial charge in [-0.25, -0.2) is 0 Å². The average molecular weight is 500 g/mol. The van der Waals surface area contributed by atoms with Crippen LogP contribution < -0.4 is 10.6 Å². The van der Waals surface area contributed by atoms with E-state index in [-0.39, 0.29) is 43.1 Å². The van der Waals surface area contributed by atoms with Gasteiger partial charge in [0.2, 0.25) is 17.7 Å². The SMILES string of the molecule is CCC(=O)N[C@H](C(=O)N1C[C@H](O)C[C@H]1C(=O)N[C@@H](C)c1ccc(-c2sccc2C)cc1)C(C)(C)C. The second-order valence-corrected chi connectivity index (χ2v) is 11.3. The number of nitrogens with zero attached hydrogens (tertiary/aromatic N) is 1. The lowest BCUT2D eigenvalue weighted by Gasteiger charge is -2.35. The molecule has 2 aromatic rings. The zero-order valence-corrected chi connectivity index (χ0v) is 22.2. The van der Waals surface area contributed by atoms with Crippen molar-refractivity contribution < 1.29 is 19.5 Å². The summed E-state index contributed by atoms with van der Waals surface area (Å²) in [6.45, 7) is 11.4. The van der Waals surface area contributed by atoms with E-state index in [0.717, 1.165) is 11.1 Å². The molecule has 3 rings (SSSR count). The van der Waals surface area contributed by atoms with Gasteiger partial charge >= 0.3 is 0 Å². The summed E-state index contributed by atoms with van der Waals surface area (Å²) in [6.07, 6.45) is -0.366. The molecule has 1 aromatic carbocycles. The summed E-state index contributed by atoms with van der Waals surface area (Å²) < 4.78 is 0. The second kappa shape index (κ2) is 10.9. The summed E-state index contributed by atoms with van der Waals surface area (Å²) in [5.41, 5.74) is 2.78. The first-order valence-corrected chi connectivity index (χ1v) is 13.0. The highest BCUT2D eigenvalue weighted by Gasteiger charge is 2.44. The molecule has 3 amide bonds. The highest BCUT2D eigenvalue weighted by Crippen LogP contribution is 2.30. The van der Waals surface area contributed by atoms with Crippen molar-refractivity contribution in [3.8, 4) is 10.4 Å². The van der Waals surface area contributed by atoms with Crippen molar-refractivity contribution in [3.05, 3.63) is 46.8 Å². The van der Waals surface area contributed by atoms with Gasteiger partial charge in [0, 0.05) is 24.3 Å². The molecule has 1 fully saturated rings. The molecule has 1 aliphatic heterocycles. The molecule has 0 bridgehead atoms.